The molecular weight excluding hydrogens is 144 g/mol. The predicted molar refractivity (Wildman–Crippen MR) is 48.8 cm³/mol. The molecule has 0 atom stereocenters. The highest BCUT2D eigenvalue weighted by Gasteiger charge is 1.86. The molecule has 0 aliphatic carbocycles. The van der Waals surface area contributed by atoms with Crippen molar-refractivity contribution in [1.82, 2.24) is 5.32 Å². The minimum Gasteiger partial charge on any atom is -0.376 e. The Morgan fingerprint density at radius 3 is 2.80 bits per heavy atom. The van der Waals surface area contributed by atoms with Crippen LogP contribution in [0.2, 0.25) is 0 Å². The van der Waals surface area contributed by atoms with Gasteiger partial charge in [0.05, 0.1) is 0 Å². The normalized spacial score (nSPS) is 8.80. The van der Waals surface area contributed by atoms with Gasteiger partial charge in [-0.1, -0.05) is 6.08 Å². The molecule has 3 heteroatoms. The van der Waals surface area contributed by atoms with Crippen molar-refractivity contribution in [3.63, 3.8) is 0 Å². The lowest BCUT2D eigenvalue weighted by atomic mass is 10.2. The molecule has 0 aliphatic rings. The molecule has 0 unspecified atom stereocenters. The fraction of sp³-hybridized carbons (Fsp3) is 0.571. The van der Waals surface area contributed by atoms with E-state index in [1.165, 1.54) is 0 Å². The van der Waals surface area contributed by atoms with Crippen LogP contribution >= 0.6 is 12.2 Å². The largest absolute Gasteiger partial charge is 0.376 e. The molecule has 0 aromatic heterocycles. The van der Waals surface area contributed by atoms with Gasteiger partial charge in [-0.25, -0.2) is 0 Å². The van der Waals surface area contributed by atoms with Gasteiger partial charge in [-0.2, -0.15) is 0 Å². The molecule has 0 aromatic carbocycles. The summed E-state index contributed by atoms with van der Waals surface area (Å²) in [5.74, 6) is 0. The molecule has 0 fully saturated rings. The number of allylic oxidation sites excluding steroid dienone is 1. The zero-order valence-corrected chi connectivity index (χ0v) is 6.91. The molecule has 10 heavy (non-hydrogen) atoms. The van der Waals surface area contributed by atoms with Crippen molar-refractivity contribution >= 4 is 17.3 Å². The number of nitrogens with one attached hydrogen (secondary N) is 1. The zero-order chi connectivity index (χ0) is 7.82. The number of unbranched alkanes of at least 4 members (excludes halogenated alkanes) is 2. The van der Waals surface area contributed by atoms with Crippen molar-refractivity contribution < 1.29 is 0 Å². The van der Waals surface area contributed by atoms with Crippen molar-refractivity contribution in [3.8, 4) is 0 Å². The number of nitrogens with two attached hydrogens (primary N) is 1. The fourth-order valence-corrected chi connectivity index (χ4v) is 0.727. The smallest absolute Gasteiger partial charge is 0.163 e. The molecule has 0 aromatic rings. The maximum absolute atomic E-state index is 5.21. The van der Waals surface area contributed by atoms with E-state index >= 15 is 0 Å². The lowest BCUT2D eigenvalue weighted by Crippen LogP contribution is -2.29. The SMILES string of the molecule is C=CCCCCNC(N)=S. The Kier molecular flexibility index (Phi) is 6.18. The number of thiocarbonyl (C=S) groups is 1. The summed E-state index contributed by atoms with van der Waals surface area (Å²) in [7, 11) is 0. The van der Waals surface area contributed by atoms with Crippen LogP contribution in [-0.2, 0) is 0 Å². The first-order valence-corrected chi connectivity index (χ1v) is 3.82. The van der Waals surface area contributed by atoms with E-state index in [1.807, 2.05) is 6.08 Å². The van der Waals surface area contributed by atoms with Gasteiger partial charge in [-0.05, 0) is 31.5 Å². The summed E-state index contributed by atoms with van der Waals surface area (Å²) in [6, 6.07) is 0. The number of hydrogen-bond donors (Lipinski definition) is 2. The molecule has 0 saturated heterocycles. The van der Waals surface area contributed by atoms with Crippen LogP contribution in [0.5, 0.6) is 0 Å². The number of hydrogen-bond acceptors (Lipinski definition) is 1. The van der Waals surface area contributed by atoms with Gasteiger partial charge in [-0.3, -0.25) is 0 Å². The van der Waals surface area contributed by atoms with Gasteiger partial charge < -0.3 is 11.1 Å². The monoisotopic (exact) mass is 158 g/mol. The van der Waals surface area contributed by atoms with Crippen LogP contribution in [0.4, 0.5) is 0 Å². The van der Waals surface area contributed by atoms with Crippen LogP contribution < -0.4 is 11.1 Å². The molecule has 2 nitrogen and oxygen atoms in total. The standard InChI is InChI=1S/C7H14N2S/c1-2-3-4-5-6-9-7(8)10/h2H,1,3-6H2,(H3,8,9,10). The van der Waals surface area contributed by atoms with E-state index in [-0.39, 0.29) is 0 Å². The molecule has 0 rings (SSSR count). The average molecular weight is 158 g/mol. The van der Waals surface area contributed by atoms with E-state index < -0.39 is 0 Å². The minimum atomic E-state index is 0.388. The molecule has 0 bridgehead atoms. The summed E-state index contributed by atoms with van der Waals surface area (Å²) in [6.45, 7) is 4.50. The van der Waals surface area contributed by atoms with E-state index in [1.54, 1.807) is 0 Å². The van der Waals surface area contributed by atoms with Crippen LogP contribution in [0.3, 0.4) is 0 Å². The first-order valence-electron chi connectivity index (χ1n) is 3.41. The molecule has 58 valence electrons. The lowest BCUT2D eigenvalue weighted by molar-refractivity contribution is 0.721. The third kappa shape index (κ3) is 7.43. The Bertz CT molecular complexity index is 112. The highest BCUT2D eigenvalue weighted by Crippen LogP contribution is 1.92. The summed E-state index contributed by atoms with van der Waals surface area (Å²) >= 11 is 4.62. The number of rotatable bonds is 5. The van der Waals surface area contributed by atoms with Crippen molar-refractivity contribution in [3.05, 3.63) is 12.7 Å². The van der Waals surface area contributed by atoms with Gasteiger partial charge >= 0.3 is 0 Å². The summed E-state index contributed by atoms with van der Waals surface area (Å²) in [4.78, 5) is 0. The second-order valence-electron chi connectivity index (χ2n) is 2.08. The molecule has 0 spiro atoms. The van der Waals surface area contributed by atoms with E-state index in [2.05, 4.69) is 24.1 Å². The first kappa shape index (κ1) is 9.43. The quantitative estimate of drug-likeness (QED) is 0.358. The van der Waals surface area contributed by atoms with Crippen molar-refractivity contribution in [2.45, 2.75) is 19.3 Å². The summed E-state index contributed by atoms with van der Waals surface area (Å²) in [6.07, 6.45) is 5.24. The van der Waals surface area contributed by atoms with E-state index in [0.29, 0.717) is 5.11 Å². The van der Waals surface area contributed by atoms with Gasteiger partial charge in [0.15, 0.2) is 5.11 Å². The second-order valence-corrected chi connectivity index (χ2v) is 2.52. The Labute approximate surface area is 67.5 Å². The Hall–Kier alpha value is -0.570. The molecule has 0 heterocycles. The van der Waals surface area contributed by atoms with Crippen LogP contribution in [0.25, 0.3) is 0 Å². The van der Waals surface area contributed by atoms with Gasteiger partial charge in [-0.15, -0.1) is 6.58 Å². The van der Waals surface area contributed by atoms with Crippen LogP contribution in [0, 0.1) is 0 Å². The van der Waals surface area contributed by atoms with E-state index in [0.717, 1.165) is 25.8 Å². The summed E-state index contributed by atoms with van der Waals surface area (Å²) in [5.41, 5.74) is 5.21. The van der Waals surface area contributed by atoms with Gasteiger partial charge in [0.25, 0.3) is 0 Å². The summed E-state index contributed by atoms with van der Waals surface area (Å²) in [5, 5.41) is 3.27. The van der Waals surface area contributed by atoms with Gasteiger partial charge in [0, 0.05) is 6.54 Å². The molecule has 0 saturated carbocycles. The van der Waals surface area contributed by atoms with Crippen molar-refractivity contribution in [2.24, 2.45) is 5.73 Å². The fourth-order valence-electron chi connectivity index (χ4n) is 0.625. The Morgan fingerprint density at radius 2 is 2.30 bits per heavy atom. The second kappa shape index (κ2) is 6.55. The first-order chi connectivity index (χ1) is 4.77. The minimum absolute atomic E-state index is 0.388. The third-order valence-electron chi connectivity index (χ3n) is 1.13. The van der Waals surface area contributed by atoms with E-state index in [4.69, 9.17) is 5.73 Å². The zero-order valence-electron chi connectivity index (χ0n) is 6.10. The van der Waals surface area contributed by atoms with Crippen LogP contribution in [0.1, 0.15) is 19.3 Å². The topological polar surface area (TPSA) is 38.0 Å². The maximum Gasteiger partial charge on any atom is 0.163 e. The highest BCUT2D eigenvalue weighted by molar-refractivity contribution is 7.80. The van der Waals surface area contributed by atoms with Gasteiger partial charge in [0.1, 0.15) is 0 Å². The summed E-state index contributed by atoms with van der Waals surface area (Å²) < 4.78 is 0. The van der Waals surface area contributed by atoms with Crippen LogP contribution in [0.15, 0.2) is 12.7 Å². The molecule has 3 N–H and O–H groups in total. The Balaban J connectivity index is 2.90. The molecule has 0 aliphatic heterocycles. The molecular formula is C7H14N2S. The predicted octanol–water partition coefficient (Wildman–Crippen LogP) is 1.18. The lowest BCUT2D eigenvalue weighted by Gasteiger charge is -2.00. The third-order valence-corrected chi connectivity index (χ3v) is 1.28. The maximum atomic E-state index is 5.21. The van der Waals surface area contributed by atoms with Crippen molar-refractivity contribution in [2.75, 3.05) is 6.54 Å². The Morgan fingerprint density at radius 1 is 1.60 bits per heavy atom. The van der Waals surface area contributed by atoms with Crippen LogP contribution in [-0.4, -0.2) is 11.7 Å². The van der Waals surface area contributed by atoms with E-state index in [9.17, 15) is 0 Å². The van der Waals surface area contributed by atoms with Crippen molar-refractivity contribution in [1.29, 1.82) is 0 Å². The highest BCUT2D eigenvalue weighted by atomic mass is 32.1. The molecule has 0 radical (unpaired) electrons. The average Bonchev–Trinajstić information content (AvgIpc) is 1.87. The van der Waals surface area contributed by atoms with Gasteiger partial charge in [0.2, 0.25) is 0 Å². The molecule has 0 amide bonds.